The lowest BCUT2D eigenvalue weighted by Crippen LogP contribution is -2.18. The van der Waals surface area contributed by atoms with Gasteiger partial charge < -0.3 is 5.32 Å². The molecule has 4 heteroatoms. The number of rotatable bonds is 4. The second-order valence-electron chi connectivity index (χ2n) is 3.59. The third kappa shape index (κ3) is 3.14. The molecule has 2 aromatic heterocycles. The molecule has 0 saturated heterocycles. The van der Waals surface area contributed by atoms with Crippen LogP contribution in [0.5, 0.6) is 0 Å². The first-order valence-corrected chi connectivity index (χ1v) is 6.80. The number of halogens is 1. The fourth-order valence-corrected chi connectivity index (χ4v) is 2.84. The van der Waals surface area contributed by atoms with E-state index in [9.17, 15) is 0 Å². The smallest absolute Gasteiger partial charge is 0.0570 e. The monoisotopic (exact) mass is 296 g/mol. The molecule has 84 valence electrons. The molecule has 2 heterocycles. The summed E-state index contributed by atoms with van der Waals surface area (Å²) in [5.41, 5.74) is 1.08. The first-order valence-electron chi connectivity index (χ1n) is 5.13. The summed E-state index contributed by atoms with van der Waals surface area (Å²) in [6, 6.07) is 8.42. The fraction of sp³-hybridized carbons (Fsp3) is 0.250. The van der Waals surface area contributed by atoms with Crippen molar-refractivity contribution < 1.29 is 0 Å². The summed E-state index contributed by atoms with van der Waals surface area (Å²) >= 11 is 5.21. The zero-order valence-corrected chi connectivity index (χ0v) is 11.4. The molecular weight excluding hydrogens is 284 g/mol. The highest BCUT2D eigenvalue weighted by Crippen LogP contribution is 2.20. The van der Waals surface area contributed by atoms with Crippen molar-refractivity contribution in [1.82, 2.24) is 10.3 Å². The molecule has 16 heavy (non-hydrogen) atoms. The molecule has 0 amide bonds. The fourth-order valence-electron chi connectivity index (χ4n) is 1.44. The first-order chi connectivity index (χ1) is 7.75. The van der Waals surface area contributed by atoms with Crippen LogP contribution in [0.15, 0.2) is 40.3 Å². The van der Waals surface area contributed by atoms with Gasteiger partial charge >= 0.3 is 0 Å². The topological polar surface area (TPSA) is 24.9 Å². The van der Waals surface area contributed by atoms with Crippen molar-refractivity contribution in [3.63, 3.8) is 0 Å². The van der Waals surface area contributed by atoms with Gasteiger partial charge in [-0.05, 0) is 41.1 Å². The van der Waals surface area contributed by atoms with E-state index in [2.05, 4.69) is 44.6 Å². The molecule has 0 aliphatic heterocycles. The SMILES string of the molecule is CC(NCc1cc(Br)cs1)c1ccccn1. The molecule has 0 aliphatic rings. The second kappa shape index (κ2) is 5.57. The van der Waals surface area contributed by atoms with Gasteiger partial charge in [-0.25, -0.2) is 0 Å². The summed E-state index contributed by atoms with van der Waals surface area (Å²) < 4.78 is 1.15. The molecule has 0 radical (unpaired) electrons. The van der Waals surface area contributed by atoms with E-state index in [1.54, 1.807) is 11.3 Å². The summed E-state index contributed by atoms with van der Waals surface area (Å²) in [4.78, 5) is 5.66. The second-order valence-corrected chi connectivity index (χ2v) is 5.50. The van der Waals surface area contributed by atoms with Crippen LogP contribution in [0, 0.1) is 0 Å². The molecule has 0 spiro atoms. The Labute approximate surface area is 108 Å². The maximum atomic E-state index is 4.33. The van der Waals surface area contributed by atoms with E-state index in [0.29, 0.717) is 0 Å². The van der Waals surface area contributed by atoms with Crippen LogP contribution in [0.25, 0.3) is 0 Å². The Bertz CT molecular complexity index is 441. The van der Waals surface area contributed by atoms with Crippen LogP contribution in [0.1, 0.15) is 23.5 Å². The minimum absolute atomic E-state index is 0.280. The van der Waals surface area contributed by atoms with E-state index in [-0.39, 0.29) is 6.04 Å². The Hall–Kier alpha value is -0.710. The number of hydrogen-bond donors (Lipinski definition) is 1. The van der Waals surface area contributed by atoms with Crippen molar-refractivity contribution in [2.75, 3.05) is 0 Å². The van der Waals surface area contributed by atoms with Gasteiger partial charge in [0.05, 0.1) is 5.69 Å². The molecule has 2 rings (SSSR count). The van der Waals surface area contributed by atoms with E-state index in [1.165, 1.54) is 4.88 Å². The molecule has 0 aromatic carbocycles. The van der Waals surface area contributed by atoms with Crippen molar-refractivity contribution in [3.8, 4) is 0 Å². The molecule has 1 unspecified atom stereocenters. The van der Waals surface area contributed by atoms with E-state index >= 15 is 0 Å². The standard InChI is InChI=1S/C12H13BrN2S/c1-9(12-4-2-3-5-14-12)15-7-11-6-10(13)8-16-11/h2-6,8-9,15H,7H2,1H3. The average molecular weight is 297 g/mol. The predicted molar refractivity (Wildman–Crippen MR) is 71.5 cm³/mol. The average Bonchev–Trinajstić information content (AvgIpc) is 2.73. The van der Waals surface area contributed by atoms with Gasteiger partial charge in [0, 0.05) is 33.5 Å². The number of nitrogens with one attached hydrogen (secondary N) is 1. The largest absolute Gasteiger partial charge is 0.304 e. The van der Waals surface area contributed by atoms with E-state index in [0.717, 1.165) is 16.7 Å². The molecule has 0 saturated carbocycles. The minimum Gasteiger partial charge on any atom is -0.304 e. The van der Waals surface area contributed by atoms with Crippen LogP contribution < -0.4 is 5.32 Å². The Kier molecular flexibility index (Phi) is 4.09. The number of nitrogens with zero attached hydrogens (tertiary/aromatic N) is 1. The Morgan fingerprint density at radius 1 is 1.50 bits per heavy atom. The normalized spacial score (nSPS) is 12.6. The van der Waals surface area contributed by atoms with Crippen LogP contribution in [0.4, 0.5) is 0 Å². The van der Waals surface area contributed by atoms with Crippen molar-refractivity contribution >= 4 is 27.3 Å². The van der Waals surface area contributed by atoms with Gasteiger partial charge in [-0.15, -0.1) is 11.3 Å². The summed E-state index contributed by atoms with van der Waals surface area (Å²) in [7, 11) is 0. The lowest BCUT2D eigenvalue weighted by atomic mass is 10.2. The molecular formula is C12H13BrN2S. The molecule has 2 aromatic rings. The van der Waals surface area contributed by atoms with Crippen molar-refractivity contribution in [2.45, 2.75) is 19.5 Å². The van der Waals surface area contributed by atoms with Gasteiger partial charge in [0.15, 0.2) is 0 Å². The van der Waals surface area contributed by atoms with Gasteiger partial charge in [-0.3, -0.25) is 4.98 Å². The summed E-state index contributed by atoms with van der Waals surface area (Å²) in [6.07, 6.45) is 1.83. The zero-order valence-electron chi connectivity index (χ0n) is 8.98. The van der Waals surface area contributed by atoms with Crippen molar-refractivity contribution in [2.24, 2.45) is 0 Å². The maximum Gasteiger partial charge on any atom is 0.0570 e. The van der Waals surface area contributed by atoms with Gasteiger partial charge in [0.1, 0.15) is 0 Å². The van der Waals surface area contributed by atoms with E-state index in [1.807, 2.05) is 24.4 Å². The number of thiophene rings is 1. The van der Waals surface area contributed by atoms with Crippen molar-refractivity contribution in [1.29, 1.82) is 0 Å². The predicted octanol–water partition coefficient (Wildman–Crippen LogP) is 3.76. The molecule has 0 aliphatic carbocycles. The van der Waals surface area contributed by atoms with Crippen LogP contribution in [0.3, 0.4) is 0 Å². The Balaban J connectivity index is 1.91. The highest BCUT2D eigenvalue weighted by atomic mass is 79.9. The first kappa shape index (κ1) is 11.8. The highest BCUT2D eigenvalue weighted by molar-refractivity contribution is 9.10. The summed E-state index contributed by atoms with van der Waals surface area (Å²) in [6.45, 7) is 3.01. The third-order valence-electron chi connectivity index (χ3n) is 2.34. The zero-order chi connectivity index (χ0) is 11.4. The van der Waals surface area contributed by atoms with E-state index < -0.39 is 0 Å². The van der Waals surface area contributed by atoms with Crippen LogP contribution in [-0.4, -0.2) is 4.98 Å². The molecule has 0 fully saturated rings. The maximum absolute atomic E-state index is 4.33. The summed E-state index contributed by atoms with van der Waals surface area (Å²) in [5, 5.41) is 5.56. The number of hydrogen-bond acceptors (Lipinski definition) is 3. The van der Waals surface area contributed by atoms with Crippen LogP contribution in [0.2, 0.25) is 0 Å². The lowest BCUT2D eigenvalue weighted by molar-refractivity contribution is 0.565. The van der Waals surface area contributed by atoms with Crippen molar-refractivity contribution in [3.05, 3.63) is 50.9 Å². The summed E-state index contributed by atoms with van der Waals surface area (Å²) in [5.74, 6) is 0. The van der Waals surface area contributed by atoms with Gasteiger partial charge in [-0.2, -0.15) is 0 Å². The van der Waals surface area contributed by atoms with Gasteiger partial charge in [0.2, 0.25) is 0 Å². The van der Waals surface area contributed by atoms with Gasteiger partial charge in [-0.1, -0.05) is 6.07 Å². The number of pyridine rings is 1. The lowest BCUT2D eigenvalue weighted by Gasteiger charge is -2.11. The van der Waals surface area contributed by atoms with E-state index in [4.69, 9.17) is 0 Å². The van der Waals surface area contributed by atoms with Gasteiger partial charge in [0.25, 0.3) is 0 Å². The highest BCUT2D eigenvalue weighted by Gasteiger charge is 2.05. The molecule has 1 atom stereocenters. The molecule has 0 bridgehead atoms. The quantitative estimate of drug-likeness (QED) is 0.929. The minimum atomic E-state index is 0.280. The number of aromatic nitrogens is 1. The molecule has 2 nitrogen and oxygen atoms in total. The Morgan fingerprint density at radius 2 is 2.38 bits per heavy atom. The van der Waals surface area contributed by atoms with Crippen LogP contribution >= 0.6 is 27.3 Å². The Morgan fingerprint density at radius 3 is 3.00 bits per heavy atom. The van der Waals surface area contributed by atoms with Crippen LogP contribution in [-0.2, 0) is 6.54 Å². The third-order valence-corrected chi connectivity index (χ3v) is 4.03. The molecule has 1 N–H and O–H groups in total.